The standard InChI is InChI=1S/C16H21NO2/c1-12(18)9-10-17-11-13-7-8-16(19-2)15-6-4-3-5-14(13)15/h3-8,12,17-18H,9-11H2,1-2H3. The maximum absolute atomic E-state index is 9.23. The molecule has 0 heterocycles. The molecule has 0 spiro atoms. The Morgan fingerprint density at radius 2 is 1.89 bits per heavy atom. The van der Waals surface area contributed by atoms with Crippen LogP contribution < -0.4 is 10.1 Å². The average molecular weight is 259 g/mol. The number of nitrogens with one attached hydrogen (secondary N) is 1. The lowest BCUT2D eigenvalue weighted by Crippen LogP contribution is -2.18. The van der Waals surface area contributed by atoms with Crippen molar-refractivity contribution in [3.63, 3.8) is 0 Å². The van der Waals surface area contributed by atoms with Gasteiger partial charge in [-0.2, -0.15) is 0 Å². The van der Waals surface area contributed by atoms with Gasteiger partial charge in [0.05, 0.1) is 13.2 Å². The van der Waals surface area contributed by atoms with Gasteiger partial charge in [0.15, 0.2) is 0 Å². The second-order valence-electron chi connectivity index (χ2n) is 4.79. The van der Waals surface area contributed by atoms with E-state index in [4.69, 9.17) is 4.74 Å². The first-order chi connectivity index (χ1) is 9.22. The molecule has 2 aromatic carbocycles. The molecule has 1 unspecified atom stereocenters. The van der Waals surface area contributed by atoms with Crippen LogP contribution in [0.3, 0.4) is 0 Å². The maximum atomic E-state index is 9.23. The first-order valence-corrected chi connectivity index (χ1v) is 6.65. The minimum Gasteiger partial charge on any atom is -0.496 e. The van der Waals surface area contributed by atoms with Crippen molar-refractivity contribution < 1.29 is 9.84 Å². The van der Waals surface area contributed by atoms with Gasteiger partial charge >= 0.3 is 0 Å². The Morgan fingerprint density at radius 1 is 1.16 bits per heavy atom. The molecule has 0 aliphatic rings. The Bertz CT molecular complexity index is 537. The number of hydrogen-bond acceptors (Lipinski definition) is 3. The molecular formula is C16H21NO2. The molecule has 2 N–H and O–H groups in total. The molecule has 0 aromatic heterocycles. The Kier molecular flexibility index (Phi) is 4.77. The number of fused-ring (bicyclic) bond motifs is 1. The summed E-state index contributed by atoms with van der Waals surface area (Å²) in [7, 11) is 1.70. The number of methoxy groups -OCH3 is 1. The van der Waals surface area contributed by atoms with Crippen molar-refractivity contribution in [2.24, 2.45) is 0 Å². The Balaban J connectivity index is 2.15. The van der Waals surface area contributed by atoms with Crippen LogP contribution >= 0.6 is 0 Å². The van der Waals surface area contributed by atoms with E-state index < -0.39 is 0 Å². The third kappa shape index (κ3) is 3.46. The molecule has 0 radical (unpaired) electrons. The Morgan fingerprint density at radius 3 is 2.58 bits per heavy atom. The molecule has 0 bridgehead atoms. The van der Waals surface area contributed by atoms with Gasteiger partial charge in [-0.1, -0.05) is 30.3 Å². The van der Waals surface area contributed by atoms with Crippen molar-refractivity contribution in [1.29, 1.82) is 0 Å². The minimum absolute atomic E-state index is 0.250. The molecule has 2 rings (SSSR count). The fraction of sp³-hybridized carbons (Fsp3) is 0.375. The van der Waals surface area contributed by atoms with Gasteiger partial charge in [0.25, 0.3) is 0 Å². The molecule has 102 valence electrons. The van der Waals surface area contributed by atoms with Crippen LogP contribution in [0.15, 0.2) is 36.4 Å². The molecule has 0 aliphatic carbocycles. The molecule has 19 heavy (non-hydrogen) atoms. The number of rotatable bonds is 6. The van der Waals surface area contributed by atoms with E-state index in [0.717, 1.165) is 30.6 Å². The largest absolute Gasteiger partial charge is 0.496 e. The van der Waals surface area contributed by atoms with Crippen LogP contribution in [-0.4, -0.2) is 24.9 Å². The lowest BCUT2D eigenvalue weighted by atomic mass is 10.0. The smallest absolute Gasteiger partial charge is 0.126 e. The van der Waals surface area contributed by atoms with E-state index in [0.29, 0.717) is 0 Å². The third-order valence-electron chi connectivity index (χ3n) is 3.25. The predicted molar refractivity (Wildman–Crippen MR) is 78.5 cm³/mol. The van der Waals surface area contributed by atoms with Crippen molar-refractivity contribution in [2.45, 2.75) is 26.0 Å². The van der Waals surface area contributed by atoms with E-state index in [1.54, 1.807) is 7.11 Å². The first-order valence-electron chi connectivity index (χ1n) is 6.65. The van der Waals surface area contributed by atoms with Crippen LogP contribution in [-0.2, 0) is 6.54 Å². The van der Waals surface area contributed by atoms with Crippen molar-refractivity contribution >= 4 is 10.8 Å². The molecule has 0 amide bonds. The quantitative estimate of drug-likeness (QED) is 0.784. The summed E-state index contributed by atoms with van der Waals surface area (Å²) in [6.45, 7) is 3.43. The summed E-state index contributed by atoms with van der Waals surface area (Å²) in [5, 5.41) is 14.9. The van der Waals surface area contributed by atoms with E-state index >= 15 is 0 Å². The van der Waals surface area contributed by atoms with E-state index in [-0.39, 0.29) is 6.10 Å². The van der Waals surface area contributed by atoms with Gasteiger partial charge in [0.1, 0.15) is 5.75 Å². The molecule has 0 saturated heterocycles. The van der Waals surface area contributed by atoms with Gasteiger partial charge in [-0.05, 0) is 36.9 Å². The zero-order valence-corrected chi connectivity index (χ0v) is 11.5. The number of ether oxygens (including phenoxy) is 1. The molecule has 2 aromatic rings. The Hall–Kier alpha value is -1.58. The molecule has 3 nitrogen and oxygen atoms in total. The lowest BCUT2D eigenvalue weighted by Gasteiger charge is -2.11. The summed E-state index contributed by atoms with van der Waals surface area (Å²) in [5.41, 5.74) is 1.25. The second kappa shape index (κ2) is 6.55. The van der Waals surface area contributed by atoms with E-state index in [2.05, 4.69) is 23.5 Å². The fourth-order valence-corrected chi connectivity index (χ4v) is 2.20. The summed E-state index contributed by atoms with van der Waals surface area (Å²) in [6.07, 6.45) is 0.522. The number of aliphatic hydroxyl groups is 1. The third-order valence-corrected chi connectivity index (χ3v) is 3.25. The summed E-state index contributed by atoms with van der Waals surface area (Å²) in [4.78, 5) is 0. The van der Waals surface area contributed by atoms with Crippen LogP contribution in [0, 0.1) is 0 Å². The van der Waals surface area contributed by atoms with Gasteiger partial charge in [-0.15, -0.1) is 0 Å². The van der Waals surface area contributed by atoms with Gasteiger partial charge in [0, 0.05) is 11.9 Å². The summed E-state index contributed by atoms with van der Waals surface area (Å²) >= 11 is 0. The van der Waals surface area contributed by atoms with Gasteiger partial charge < -0.3 is 15.2 Å². The van der Waals surface area contributed by atoms with Gasteiger partial charge in [-0.25, -0.2) is 0 Å². The zero-order valence-electron chi connectivity index (χ0n) is 11.5. The first kappa shape index (κ1) is 13.8. The highest BCUT2D eigenvalue weighted by atomic mass is 16.5. The summed E-state index contributed by atoms with van der Waals surface area (Å²) < 4.78 is 5.39. The van der Waals surface area contributed by atoms with Crippen molar-refractivity contribution in [2.75, 3.05) is 13.7 Å². The SMILES string of the molecule is COc1ccc(CNCCC(C)O)c2ccccc12. The number of benzene rings is 2. The van der Waals surface area contributed by atoms with Crippen LogP contribution in [0.4, 0.5) is 0 Å². The molecule has 0 aliphatic heterocycles. The topological polar surface area (TPSA) is 41.5 Å². The molecule has 0 fully saturated rings. The van der Waals surface area contributed by atoms with Gasteiger partial charge in [0.2, 0.25) is 0 Å². The van der Waals surface area contributed by atoms with Gasteiger partial charge in [-0.3, -0.25) is 0 Å². The van der Waals surface area contributed by atoms with E-state index in [1.165, 1.54) is 10.9 Å². The van der Waals surface area contributed by atoms with Crippen LogP contribution in [0.25, 0.3) is 10.8 Å². The highest BCUT2D eigenvalue weighted by molar-refractivity contribution is 5.91. The van der Waals surface area contributed by atoms with E-state index in [1.807, 2.05) is 25.1 Å². The average Bonchev–Trinajstić information content (AvgIpc) is 2.43. The molecule has 3 heteroatoms. The fourth-order valence-electron chi connectivity index (χ4n) is 2.20. The summed E-state index contributed by atoms with van der Waals surface area (Å²) in [5.74, 6) is 0.906. The van der Waals surface area contributed by atoms with Crippen LogP contribution in [0.1, 0.15) is 18.9 Å². The molecular weight excluding hydrogens is 238 g/mol. The highest BCUT2D eigenvalue weighted by Crippen LogP contribution is 2.28. The summed E-state index contributed by atoms with van der Waals surface area (Å²) in [6, 6.07) is 12.4. The molecule has 0 saturated carbocycles. The lowest BCUT2D eigenvalue weighted by molar-refractivity contribution is 0.183. The Labute approximate surface area is 114 Å². The highest BCUT2D eigenvalue weighted by Gasteiger charge is 2.05. The number of aliphatic hydroxyl groups excluding tert-OH is 1. The van der Waals surface area contributed by atoms with Crippen molar-refractivity contribution in [3.05, 3.63) is 42.0 Å². The van der Waals surface area contributed by atoms with E-state index in [9.17, 15) is 5.11 Å². The minimum atomic E-state index is -0.250. The number of hydrogen-bond donors (Lipinski definition) is 2. The maximum Gasteiger partial charge on any atom is 0.126 e. The van der Waals surface area contributed by atoms with Crippen molar-refractivity contribution in [1.82, 2.24) is 5.32 Å². The van der Waals surface area contributed by atoms with Crippen molar-refractivity contribution in [3.8, 4) is 5.75 Å². The van der Waals surface area contributed by atoms with Crippen LogP contribution in [0.2, 0.25) is 0 Å². The van der Waals surface area contributed by atoms with Crippen LogP contribution in [0.5, 0.6) is 5.75 Å². The monoisotopic (exact) mass is 259 g/mol. The molecule has 1 atom stereocenters. The zero-order chi connectivity index (χ0) is 13.7. The normalized spacial score (nSPS) is 12.6. The second-order valence-corrected chi connectivity index (χ2v) is 4.79. The predicted octanol–water partition coefficient (Wildman–Crippen LogP) is 2.71.